The molecule has 0 saturated carbocycles. The predicted molar refractivity (Wildman–Crippen MR) is 65.5 cm³/mol. The van der Waals surface area contributed by atoms with Gasteiger partial charge in [-0.1, -0.05) is 0 Å². The zero-order valence-corrected chi connectivity index (χ0v) is 10.6. The van der Waals surface area contributed by atoms with Crippen molar-refractivity contribution in [2.24, 2.45) is 0 Å². The van der Waals surface area contributed by atoms with Gasteiger partial charge in [0.25, 0.3) is 0 Å². The largest absolute Gasteiger partial charge is 0.394 e. The average Bonchev–Trinajstić information content (AvgIpc) is 2.53. The van der Waals surface area contributed by atoms with Crippen molar-refractivity contribution in [3.05, 3.63) is 7.43 Å². The van der Waals surface area contributed by atoms with E-state index in [1.807, 2.05) is 0 Å². The first-order valence-corrected chi connectivity index (χ1v) is 6.74. The molecule has 0 amide bonds. The van der Waals surface area contributed by atoms with Gasteiger partial charge >= 0.3 is 0 Å². The van der Waals surface area contributed by atoms with E-state index in [9.17, 15) is 20.4 Å². The van der Waals surface area contributed by atoms with Gasteiger partial charge in [-0.3, -0.25) is 0 Å². The molecule has 6 N–H and O–H groups in total. The van der Waals surface area contributed by atoms with Gasteiger partial charge in [-0.2, -0.15) is 0 Å². The Balaban J connectivity index is 0.00000256. The molecule has 0 radical (unpaired) electrons. The van der Waals surface area contributed by atoms with Gasteiger partial charge in [0.05, 0.1) is 13.2 Å². The number of aliphatic hydroxyl groups is 6. The molecule has 1 aliphatic rings. The maximum absolute atomic E-state index is 9.54. The van der Waals surface area contributed by atoms with Crippen molar-refractivity contribution < 1.29 is 30.6 Å². The molecule has 0 bridgehead atoms. The Labute approximate surface area is 104 Å². The summed E-state index contributed by atoms with van der Waals surface area (Å²) in [5.41, 5.74) is 0. The topological polar surface area (TPSA) is 121 Å². The summed E-state index contributed by atoms with van der Waals surface area (Å²) in [4.78, 5) is 0. The van der Waals surface area contributed by atoms with Crippen LogP contribution in [0.2, 0.25) is 0 Å². The highest BCUT2D eigenvalue weighted by molar-refractivity contribution is 7.97. The standard InChI is InChI=1S/C9H19O6S.CH3/c10-1-5(12)6(13)3-16-4-7(14)9(15)8(16)2-11;/h5-15H,1-4H2;1H3/q+1;-1/t5-,6+,7+,8+,9-,16?;/m0./s1. The van der Waals surface area contributed by atoms with Crippen LogP contribution in [0.4, 0.5) is 0 Å². The quantitative estimate of drug-likeness (QED) is 0.232. The van der Waals surface area contributed by atoms with Crippen LogP contribution in [0.1, 0.15) is 0 Å². The molecule has 0 aliphatic carbocycles. The maximum atomic E-state index is 9.54. The van der Waals surface area contributed by atoms with Crippen LogP contribution in [0.5, 0.6) is 0 Å². The minimum Gasteiger partial charge on any atom is -0.394 e. The molecule has 6 nitrogen and oxygen atoms in total. The number of hydrogen-bond donors (Lipinski definition) is 6. The van der Waals surface area contributed by atoms with Crippen molar-refractivity contribution in [2.45, 2.75) is 29.7 Å². The van der Waals surface area contributed by atoms with Crippen LogP contribution in [-0.2, 0) is 10.9 Å². The molecule has 1 rings (SSSR count). The zero-order chi connectivity index (χ0) is 12.3. The van der Waals surface area contributed by atoms with Gasteiger partial charge in [0.2, 0.25) is 0 Å². The lowest BCUT2D eigenvalue weighted by molar-refractivity contribution is -0.00229. The van der Waals surface area contributed by atoms with Crippen LogP contribution in [-0.4, -0.2) is 85.0 Å². The van der Waals surface area contributed by atoms with E-state index in [1.54, 1.807) is 0 Å². The predicted octanol–water partition coefficient (Wildman–Crippen LogP) is -3.13. The summed E-state index contributed by atoms with van der Waals surface area (Å²) in [6.07, 6.45) is -4.19. The van der Waals surface area contributed by atoms with Gasteiger partial charge in [0.15, 0.2) is 5.25 Å². The highest BCUT2D eigenvalue weighted by atomic mass is 32.2. The van der Waals surface area contributed by atoms with Crippen LogP contribution in [0.25, 0.3) is 0 Å². The zero-order valence-electron chi connectivity index (χ0n) is 9.81. The van der Waals surface area contributed by atoms with Crippen LogP contribution in [0.15, 0.2) is 0 Å². The second-order valence-corrected chi connectivity index (χ2v) is 6.31. The first-order valence-electron chi connectivity index (χ1n) is 5.11. The minimum absolute atomic E-state index is 0. The van der Waals surface area contributed by atoms with Crippen LogP contribution in [0.3, 0.4) is 0 Å². The first-order chi connectivity index (χ1) is 7.51. The molecule has 1 saturated heterocycles. The van der Waals surface area contributed by atoms with Crippen molar-refractivity contribution in [2.75, 3.05) is 24.7 Å². The van der Waals surface area contributed by atoms with E-state index in [2.05, 4.69) is 0 Å². The summed E-state index contributed by atoms with van der Waals surface area (Å²) in [5.74, 6) is 0.475. The van der Waals surface area contributed by atoms with Crippen molar-refractivity contribution in [3.8, 4) is 0 Å². The third kappa shape index (κ3) is 4.06. The Hall–Kier alpha value is 0.110. The Bertz CT molecular complexity index is 217. The third-order valence-electron chi connectivity index (χ3n) is 2.78. The molecule has 1 unspecified atom stereocenters. The SMILES string of the molecule is OC[C@@H]1[C@@H](O)[C@H](O)C[S+]1C[C@@H](O)[C@@H](O)CO.[CH3-]. The highest BCUT2D eigenvalue weighted by Gasteiger charge is 2.50. The third-order valence-corrected chi connectivity index (χ3v) is 5.61. The van der Waals surface area contributed by atoms with Gasteiger partial charge in [-0.05, 0) is 0 Å². The lowest BCUT2D eigenvalue weighted by Crippen LogP contribution is -2.40. The summed E-state index contributed by atoms with van der Waals surface area (Å²) in [6.45, 7) is -0.795. The van der Waals surface area contributed by atoms with Crippen LogP contribution < -0.4 is 0 Å². The molecule has 0 spiro atoms. The van der Waals surface area contributed by atoms with Gasteiger partial charge < -0.3 is 38.1 Å². The van der Waals surface area contributed by atoms with E-state index in [-0.39, 0.29) is 19.8 Å². The van der Waals surface area contributed by atoms with E-state index < -0.39 is 47.2 Å². The fourth-order valence-corrected chi connectivity index (χ4v) is 4.46. The summed E-state index contributed by atoms with van der Waals surface area (Å²) in [5, 5.41) is 54.9. The van der Waals surface area contributed by atoms with Gasteiger partial charge in [0, 0.05) is 10.9 Å². The lowest BCUT2D eigenvalue weighted by Gasteiger charge is -2.17. The van der Waals surface area contributed by atoms with E-state index in [0.29, 0.717) is 5.75 Å². The lowest BCUT2D eigenvalue weighted by atomic mass is 10.2. The second-order valence-electron chi connectivity index (χ2n) is 3.97. The molecule has 7 heteroatoms. The van der Waals surface area contributed by atoms with E-state index in [1.165, 1.54) is 0 Å². The molecule has 1 aliphatic heterocycles. The number of aliphatic hydroxyl groups excluding tert-OH is 6. The first kappa shape index (κ1) is 17.1. The number of rotatable bonds is 5. The van der Waals surface area contributed by atoms with Crippen LogP contribution in [0, 0.1) is 7.43 Å². The van der Waals surface area contributed by atoms with E-state index in [4.69, 9.17) is 10.2 Å². The maximum Gasteiger partial charge on any atom is 0.169 e. The average molecular weight is 270 g/mol. The highest BCUT2D eigenvalue weighted by Crippen LogP contribution is 2.24. The summed E-state index contributed by atoms with van der Waals surface area (Å²) < 4.78 is 0. The van der Waals surface area contributed by atoms with E-state index in [0.717, 1.165) is 0 Å². The smallest absolute Gasteiger partial charge is 0.169 e. The van der Waals surface area contributed by atoms with Crippen molar-refractivity contribution in [1.29, 1.82) is 0 Å². The van der Waals surface area contributed by atoms with Gasteiger partial charge in [-0.25, -0.2) is 0 Å². The van der Waals surface area contributed by atoms with Gasteiger partial charge in [-0.15, -0.1) is 0 Å². The van der Waals surface area contributed by atoms with Crippen LogP contribution >= 0.6 is 0 Å². The fraction of sp³-hybridized carbons (Fsp3) is 0.900. The van der Waals surface area contributed by atoms with Crippen molar-refractivity contribution in [3.63, 3.8) is 0 Å². The summed E-state index contributed by atoms with van der Waals surface area (Å²) in [7, 11) is -0.549. The van der Waals surface area contributed by atoms with Gasteiger partial charge in [0.1, 0.15) is 35.9 Å². The molecule has 1 fully saturated rings. The van der Waals surface area contributed by atoms with Crippen molar-refractivity contribution >= 4 is 10.9 Å². The summed E-state index contributed by atoms with van der Waals surface area (Å²) in [6, 6.07) is 0. The molecular formula is C10H22O6S. The second kappa shape index (κ2) is 7.52. The normalized spacial score (nSPS) is 36.4. The fourth-order valence-electron chi connectivity index (χ4n) is 1.74. The van der Waals surface area contributed by atoms with Crippen molar-refractivity contribution in [1.82, 2.24) is 0 Å². The monoisotopic (exact) mass is 270 g/mol. The molecular weight excluding hydrogens is 248 g/mol. The Morgan fingerprint density at radius 1 is 1.12 bits per heavy atom. The Morgan fingerprint density at radius 2 is 1.71 bits per heavy atom. The number of hydrogen-bond acceptors (Lipinski definition) is 6. The Morgan fingerprint density at radius 3 is 2.18 bits per heavy atom. The minimum atomic E-state index is -1.22. The Kier molecular flexibility index (Phi) is 7.57. The molecule has 6 atom stereocenters. The molecule has 17 heavy (non-hydrogen) atoms. The molecule has 0 aromatic heterocycles. The molecule has 104 valence electrons. The molecule has 0 aromatic carbocycles. The summed E-state index contributed by atoms with van der Waals surface area (Å²) >= 11 is 0. The molecule has 1 heterocycles. The van der Waals surface area contributed by atoms with E-state index >= 15 is 0 Å². The molecule has 0 aromatic rings.